The molecular formula is C12H21N3O4S2. The van der Waals surface area contributed by atoms with Crippen LogP contribution in [0.25, 0.3) is 0 Å². The number of hydrogen-bond donors (Lipinski definition) is 1. The molecule has 120 valence electrons. The molecule has 0 aliphatic heterocycles. The van der Waals surface area contributed by atoms with E-state index in [2.05, 4.69) is 14.4 Å². The van der Waals surface area contributed by atoms with E-state index in [9.17, 15) is 13.2 Å². The number of methoxy groups -OCH3 is 1. The standard InChI is InChI=1S/C12H21N3O4S2/c1-4-6-15(7-5-2)21(17,18)14-12-13-10(9-20-12)8-11(16)19-3/h9H,4-8H2,1-3H3,(H,13,14). The molecule has 0 unspecified atom stereocenters. The molecule has 9 heteroatoms. The Morgan fingerprint density at radius 3 is 2.52 bits per heavy atom. The normalized spacial score (nSPS) is 11.6. The number of thiazole rings is 1. The largest absolute Gasteiger partial charge is 0.469 e. The van der Waals surface area contributed by atoms with E-state index in [1.54, 1.807) is 5.38 Å². The first-order chi connectivity index (χ1) is 9.92. The van der Waals surface area contributed by atoms with Crippen molar-refractivity contribution in [2.24, 2.45) is 0 Å². The number of carbonyl (C=O) groups excluding carboxylic acids is 1. The van der Waals surface area contributed by atoms with Gasteiger partial charge in [0.15, 0.2) is 5.13 Å². The summed E-state index contributed by atoms with van der Waals surface area (Å²) in [6.07, 6.45) is 1.51. The van der Waals surface area contributed by atoms with Crippen molar-refractivity contribution in [3.63, 3.8) is 0 Å². The molecule has 0 atom stereocenters. The fourth-order valence-electron chi connectivity index (χ4n) is 1.68. The predicted molar refractivity (Wildman–Crippen MR) is 82.5 cm³/mol. The average molecular weight is 335 g/mol. The summed E-state index contributed by atoms with van der Waals surface area (Å²) < 4.78 is 32.9. The van der Waals surface area contributed by atoms with Gasteiger partial charge in [-0.2, -0.15) is 12.7 Å². The zero-order valence-corrected chi connectivity index (χ0v) is 14.1. The molecule has 0 spiro atoms. The van der Waals surface area contributed by atoms with Gasteiger partial charge in [-0.05, 0) is 12.8 Å². The monoisotopic (exact) mass is 335 g/mol. The molecule has 0 saturated carbocycles. The quantitative estimate of drug-likeness (QED) is 0.693. The molecule has 0 aliphatic carbocycles. The lowest BCUT2D eigenvalue weighted by molar-refractivity contribution is -0.139. The van der Waals surface area contributed by atoms with Crippen molar-refractivity contribution in [2.45, 2.75) is 33.1 Å². The summed E-state index contributed by atoms with van der Waals surface area (Å²) in [4.78, 5) is 15.2. The molecule has 0 aliphatic rings. The van der Waals surface area contributed by atoms with Gasteiger partial charge in [-0.15, -0.1) is 11.3 Å². The van der Waals surface area contributed by atoms with E-state index >= 15 is 0 Å². The molecule has 7 nitrogen and oxygen atoms in total. The van der Waals surface area contributed by atoms with Crippen LogP contribution in [-0.4, -0.2) is 43.9 Å². The van der Waals surface area contributed by atoms with Crippen LogP contribution in [0, 0.1) is 0 Å². The minimum absolute atomic E-state index is 0.0301. The second-order valence-electron chi connectivity index (χ2n) is 4.40. The van der Waals surface area contributed by atoms with Crippen LogP contribution < -0.4 is 4.72 Å². The smallest absolute Gasteiger partial charge is 0.311 e. The van der Waals surface area contributed by atoms with Crippen LogP contribution in [0.1, 0.15) is 32.4 Å². The van der Waals surface area contributed by atoms with Gasteiger partial charge in [-0.1, -0.05) is 13.8 Å². The maximum Gasteiger partial charge on any atom is 0.311 e. The van der Waals surface area contributed by atoms with E-state index in [0.29, 0.717) is 18.8 Å². The summed E-state index contributed by atoms with van der Waals surface area (Å²) in [5, 5.41) is 1.89. The third-order valence-electron chi connectivity index (χ3n) is 2.61. The Balaban J connectivity index is 2.76. The number of anilines is 1. The summed E-state index contributed by atoms with van der Waals surface area (Å²) in [5.74, 6) is -0.409. The highest BCUT2D eigenvalue weighted by Crippen LogP contribution is 2.19. The Morgan fingerprint density at radius 1 is 1.38 bits per heavy atom. The van der Waals surface area contributed by atoms with Crippen LogP contribution in [0.4, 0.5) is 5.13 Å². The van der Waals surface area contributed by atoms with Crippen LogP contribution in [0.3, 0.4) is 0 Å². The second-order valence-corrected chi connectivity index (χ2v) is 6.93. The van der Waals surface area contributed by atoms with Crippen molar-refractivity contribution in [1.29, 1.82) is 0 Å². The summed E-state index contributed by atoms with van der Waals surface area (Å²) in [6, 6.07) is 0. The predicted octanol–water partition coefficient (Wildman–Crippen LogP) is 1.64. The fourth-order valence-corrected chi connectivity index (χ4v) is 3.98. The van der Waals surface area contributed by atoms with Crippen LogP contribution in [0.2, 0.25) is 0 Å². The lowest BCUT2D eigenvalue weighted by Gasteiger charge is -2.20. The van der Waals surface area contributed by atoms with E-state index in [1.807, 2.05) is 13.8 Å². The highest BCUT2D eigenvalue weighted by atomic mass is 32.2. The molecule has 0 amide bonds. The highest BCUT2D eigenvalue weighted by molar-refractivity contribution is 7.90. The highest BCUT2D eigenvalue weighted by Gasteiger charge is 2.21. The molecule has 1 heterocycles. The maximum atomic E-state index is 12.3. The minimum Gasteiger partial charge on any atom is -0.469 e. The van der Waals surface area contributed by atoms with E-state index in [-0.39, 0.29) is 11.6 Å². The summed E-state index contributed by atoms with van der Waals surface area (Å²) in [7, 11) is -2.31. The van der Waals surface area contributed by atoms with Crippen molar-refractivity contribution in [2.75, 3.05) is 24.9 Å². The maximum absolute atomic E-state index is 12.3. The van der Waals surface area contributed by atoms with Gasteiger partial charge in [0, 0.05) is 18.5 Å². The Bertz CT molecular complexity index is 551. The molecule has 1 aromatic heterocycles. The Morgan fingerprint density at radius 2 is 2.00 bits per heavy atom. The van der Waals surface area contributed by atoms with Crippen LogP contribution in [0.5, 0.6) is 0 Å². The van der Waals surface area contributed by atoms with E-state index in [0.717, 1.165) is 24.2 Å². The van der Waals surface area contributed by atoms with Gasteiger partial charge >= 0.3 is 16.2 Å². The SMILES string of the molecule is CCCN(CCC)S(=O)(=O)Nc1nc(CC(=O)OC)cs1. The Labute approximate surface area is 129 Å². The van der Waals surface area contributed by atoms with Gasteiger partial charge in [-0.25, -0.2) is 9.71 Å². The fraction of sp³-hybridized carbons (Fsp3) is 0.667. The van der Waals surface area contributed by atoms with Crippen molar-refractivity contribution in [1.82, 2.24) is 9.29 Å². The summed E-state index contributed by atoms with van der Waals surface area (Å²) >= 11 is 1.15. The number of ether oxygens (including phenoxy) is 1. The van der Waals surface area contributed by atoms with Crippen LogP contribution in [0.15, 0.2) is 5.38 Å². The molecule has 0 aromatic carbocycles. The third-order valence-corrected chi connectivity index (χ3v) is 5.04. The lowest BCUT2D eigenvalue weighted by Crippen LogP contribution is -2.37. The van der Waals surface area contributed by atoms with Crippen molar-refractivity contribution < 1.29 is 17.9 Å². The number of nitrogens with zero attached hydrogens (tertiary/aromatic N) is 2. The zero-order valence-electron chi connectivity index (χ0n) is 12.5. The zero-order chi connectivity index (χ0) is 15.9. The molecule has 0 radical (unpaired) electrons. The van der Waals surface area contributed by atoms with E-state index in [4.69, 9.17) is 0 Å². The van der Waals surface area contributed by atoms with Gasteiger partial charge in [-0.3, -0.25) is 4.79 Å². The van der Waals surface area contributed by atoms with Gasteiger partial charge in [0.2, 0.25) is 0 Å². The molecule has 1 N–H and O–H groups in total. The number of rotatable bonds is 9. The number of aromatic nitrogens is 1. The molecule has 0 bridgehead atoms. The first-order valence-corrected chi connectivity index (χ1v) is 9.04. The molecule has 1 aromatic rings. The van der Waals surface area contributed by atoms with Crippen molar-refractivity contribution in [3.05, 3.63) is 11.1 Å². The minimum atomic E-state index is -3.61. The van der Waals surface area contributed by atoms with E-state index < -0.39 is 16.2 Å². The van der Waals surface area contributed by atoms with Crippen LogP contribution >= 0.6 is 11.3 Å². The first kappa shape index (κ1) is 17.9. The van der Waals surface area contributed by atoms with Gasteiger partial charge in [0.1, 0.15) is 0 Å². The lowest BCUT2D eigenvalue weighted by atomic mass is 10.3. The van der Waals surface area contributed by atoms with Crippen molar-refractivity contribution in [3.8, 4) is 0 Å². The number of esters is 1. The van der Waals surface area contributed by atoms with E-state index in [1.165, 1.54) is 11.4 Å². The number of hydrogen-bond acceptors (Lipinski definition) is 6. The second kappa shape index (κ2) is 8.30. The molecule has 0 saturated heterocycles. The van der Waals surface area contributed by atoms with Crippen molar-refractivity contribution >= 4 is 32.6 Å². The first-order valence-electron chi connectivity index (χ1n) is 6.72. The van der Waals surface area contributed by atoms with Gasteiger partial charge in [0.25, 0.3) is 0 Å². The molecule has 0 fully saturated rings. The Kier molecular flexibility index (Phi) is 7.06. The average Bonchev–Trinajstić information content (AvgIpc) is 2.84. The van der Waals surface area contributed by atoms with Crippen LogP contribution in [-0.2, 0) is 26.2 Å². The topological polar surface area (TPSA) is 88.6 Å². The molecule has 21 heavy (non-hydrogen) atoms. The number of nitrogens with one attached hydrogen (secondary N) is 1. The third kappa shape index (κ3) is 5.60. The Hall–Kier alpha value is -1.19. The summed E-state index contributed by atoms with van der Waals surface area (Å²) in [6.45, 7) is 4.78. The molecule has 1 rings (SSSR count). The number of carbonyl (C=O) groups is 1. The van der Waals surface area contributed by atoms with Gasteiger partial charge < -0.3 is 4.74 Å². The molecular weight excluding hydrogens is 314 g/mol. The van der Waals surface area contributed by atoms with Gasteiger partial charge in [0.05, 0.1) is 19.2 Å². The summed E-state index contributed by atoms with van der Waals surface area (Å²) in [5.41, 5.74) is 0.488.